The maximum atomic E-state index is 11.8. The van der Waals surface area contributed by atoms with E-state index in [1.54, 1.807) is 19.3 Å². The quantitative estimate of drug-likeness (QED) is 0.838. The number of carbonyl (C=O) groups is 1. The highest BCUT2D eigenvalue weighted by Gasteiger charge is 2.33. The Labute approximate surface area is 119 Å². The summed E-state index contributed by atoms with van der Waals surface area (Å²) in [7, 11) is 1.62. The lowest BCUT2D eigenvalue weighted by Crippen LogP contribution is -2.48. The van der Waals surface area contributed by atoms with Gasteiger partial charge in [-0.25, -0.2) is 0 Å². The van der Waals surface area contributed by atoms with Gasteiger partial charge in [0.25, 0.3) is 0 Å². The van der Waals surface area contributed by atoms with E-state index >= 15 is 0 Å². The minimum Gasteiger partial charge on any atom is -0.496 e. The molecule has 0 unspecified atom stereocenters. The molecule has 20 heavy (non-hydrogen) atoms. The summed E-state index contributed by atoms with van der Waals surface area (Å²) in [6, 6.07) is 5.87. The molecule has 1 amide bonds. The predicted molar refractivity (Wildman–Crippen MR) is 78.7 cm³/mol. The molecule has 1 aromatic carbocycles. The number of methoxy groups -OCH3 is 1. The molecule has 4 nitrogen and oxygen atoms in total. The minimum absolute atomic E-state index is 0.0878. The van der Waals surface area contributed by atoms with Crippen molar-refractivity contribution in [2.75, 3.05) is 26.9 Å². The summed E-state index contributed by atoms with van der Waals surface area (Å²) in [6.45, 7) is 6.17. The molecular formula is C16H21NO3. The van der Waals surface area contributed by atoms with E-state index in [1.165, 1.54) is 0 Å². The van der Waals surface area contributed by atoms with Crippen molar-refractivity contribution in [1.82, 2.24) is 5.32 Å². The molecule has 1 saturated heterocycles. The molecular weight excluding hydrogens is 254 g/mol. The maximum Gasteiger partial charge on any atom is 0.244 e. The molecule has 0 spiro atoms. The predicted octanol–water partition coefficient (Wildman–Crippen LogP) is 2.17. The number of ether oxygens (including phenoxy) is 2. The Balaban J connectivity index is 1.94. The molecule has 1 fully saturated rings. The lowest BCUT2D eigenvalue weighted by Gasteiger charge is -2.37. The number of amides is 1. The van der Waals surface area contributed by atoms with E-state index in [9.17, 15) is 4.79 Å². The van der Waals surface area contributed by atoms with Crippen molar-refractivity contribution in [2.45, 2.75) is 13.8 Å². The molecule has 0 saturated carbocycles. The van der Waals surface area contributed by atoms with Gasteiger partial charge in [-0.15, -0.1) is 0 Å². The molecule has 108 valence electrons. The average Bonchev–Trinajstić information content (AvgIpc) is 2.41. The van der Waals surface area contributed by atoms with E-state index < -0.39 is 0 Å². The summed E-state index contributed by atoms with van der Waals surface area (Å²) in [5.74, 6) is 0.667. The molecule has 4 heteroatoms. The van der Waals surface area contributed by atoms with Crippen molar-refractivity contribution in [1.29, 1.82) is 0 Å². The van der Waals surface area contributed by atoms with Crippen LogP contribution in [0.25, 0.3) is 6.08 Å². The summed E-state index contributed by atoms with van der Waals surface area (Å²) in [5.41, 5.74) is 2.12. The fourth-order valence-electron chi connectivity index (χ4n) is 2.06. The third kappa shape index (κ3) is 3.61. The van der Waals surface area contributed by atoms with E-state index in [0.29, 0.717) is 19.8 Å². The smallest absolute Gasteiger partial charge is 0.244 e. The van der Waals surface area contributed by atoms with Gasteiger partial charge in [0.05, 0.1) is 20.3 Å². The first-order chi connectivity index (χ1) is 9.52. The fourth-order valence-corrected chi connectivity index (χ4v) is 2.06. The molecule has 0 radical (unpaired) electrons. The average molecular weight is 275 g/mol. The zero-order chi connectivity index (χ0) is 14.6. The fraction of sp³-hybridized carbons (Fsp3) is 0.438. The van der Waals surface area contributed by atoms with Crippen molar-refractivity contribution < 1.29 is 14.3 Å². The Morgan fingerprint density at radius 2 is 2.25 bits per heavy atom. The number of hydrogen-bond donors (Lipinski definition) is 1. The van der Waals surface area contributed by atoms with Crippen LogP contribution in [0.15, 0.2) is 24.3 Å². The number of nitrogens with one attached hydrogen (secondary N) is 1. The van der Waals surface area contributed by atoms with Gasteiger partial charge in [0.2, 0.25) is 5.91 Å². The first kappa shape index (κ1) is 14.6. The van der Waals surface area contributed by atoms with Crippen molar-refractivity contribution in [3.63, 3.8) is 0 Å². The molecule has 0 atom stereocenters. The van der Waals surface area contributed by atoms with Crippen LogP contribution >= 0.6 is 0 Å². The summed E-state index contributed by atoms with van der Waals surface area (Å²) in [4.78, 5) is 11.8. The molecule has 0 aliphatic carbocycles. The zero-order valence-electron chi connectivity index (χ0n) is 12.2. The van der Waals surface area contributed by atoms with E-state index in [1.807, 2.05) is 25.1 Å². The lowest BCUT2D eigenvalue weighted by molar-refractivity contribution is -0.122. The minimum atomic E-state index is -0.0957. The molecule has 0 bridgehead atoms. The van der Waals surface area contributed by atoms with Crippen LogP contribution in [0.1, 0.15) is 18.1 Å². The van der Waals surface area contributed by atoms with Crippen LogP contribution in [0.5, 0.6) is 5.75 Å². The van der Waals surface area contributed by atoms with Gasteiger partial charge in [0, 0.05) is 23.6 Å². The standard InChI is InChI=1S/C16H21NO3/c1-12-4-6-14(19-3)13(8-12)5-7-15(18)17-9-16(2)10-20-11-16/h4-8H,9-11H2,1-3H3,(H,17,18)/b7-5+. The third-order valence-corrected chi connectivity index (χ3v) is 3.39. The normalized spacial score (nSPS) is 16.8. The number of benzene rings is 1. The number of hydrogen-bond acceptors (Lipinski definition) is 3. The highest BCUT2D eigenvalue weighted by molar-refractivity contribution is 5.92. The van der Waals surface area contributed by atoms with Crippen molar-refractivity contribution >= 4 is 12.0 Å². The highest BCUT2D eigenvalue weighted by Crippen LogP contribution is 2.25. The van der Waals surface area contributed by atoms with Gasteiger partial charge in [-0.3, -0.25) is 4.79 Å². The van der Waals surface area contributed by atoms with Gasteiger partial charge < -0.3 is 14.8 Å². The van der Waals surface area contributed by atoms with Crippen LogP contribution in [0.4, 0.5) is 0 Å². The topological polar surface area (TPSA) is 47.6 Å². The maximum absolute atomic E-state index is 11.8. The summed E-state index contributed by atoms with van der Waals surface area (Å²) < 4.78 is 10.4. The molecule has 0 aromatic heterocycles. The van der Waals surface area contributed by atoms with Gasteiger partial charge >= 0.3 is 0 Å². The lowest BCUT2D eigenvalue weighted by atomic mass is 9.89. The third-order valence-electron chi connectivity index (χ3n) is 3.39. The van der Waals surface area contributed by atoms with Crippen LogP contribution < -0.4 is 10.1 Å². The summed E-state index contributed by atoms with van der Waals surface area (Å²) in [6.07, 6.45) is 3.32. The molecule has 1 aliphatic heterocycles. The second-order valence-electron chi connectivity index (χ2n) is 5.60. The number of aryl methyl sites for hydroxylation is 1. The van der Waals surface area contributed by atoms with E-state index in [-0.39, 0.29) is 11.3 Å². The van der Waals surface area contributed by atoms with Gasteiger partial charge in [0.15, 0.2) is 0 Å². The Morgan fingerprint density at radius 1 is 1.50 bits per heavy atom. The molecule has 2 rings (SSSR count). The zero-order valence-corrected chi connectivity index (χ0v) is 12.2. The van der Waals surface area contributed by atoms with E-state index in [0.717, 1.165) is 16.9 Å². The van der Waals surface area contributed by atoms with E-state index in [4.69, 9.17) is 9.47 Å². The van der Waals surface area contributed by atoms with Gasteiger partial charge in [-0.2, -0.15) is 0 Å². The van der Waals surface area contributed by atoms with Crippen LogP contribution in [0.3, 0.4) is 0 Å². The number of carbonyl (C=O) groups excluding carboxylic acids is 1. The second kappa shape index (κ2) is 6.09. The first-order valence-corrected chi connectivity index (χ1v) is 6.71. The largest absolute Gasteiger partial charge is 0.496 e. The number of rotatable bonds is 5. The Hall–Kier alpha value is -1.81. The Kier molecular flexibility index (Phi) is 4.45. The van der Waals surface area contributed by atoms with E-state index in [2.05, 4.69) is 12.2 Å². The van der Waals surface area contributed by atoms with Crippen LogP contribution in [-0.2, 0) is 9.53 Å². The van der Waals surface area contributed by atoms with Crippen LogP contribution in [0, 0.1) is 12.3 Å². The monoisotopic (exact) mass is 275 g/mol. The Morgan fingerprint density at radius 3 is 2.85 bits per heavy atom. The van der Waals surface area contributed by atoms with Crippen LogP contribution in [0.2, 0.25) is 0 Å². The molecule has 1 N–H and O–H groups in total. The van der Waals surface area contributed by atoms with Gasteiger partial charge in [-0.05, 0) is 25.1 Å². The summed E-state index contributed by atoms with van der Waals surface area (Å²) >= 11 is 0. The highest BCUT2D eigenvalue weighted by atomic mass is 16.5. The first-order valence-electron chi connectivity index (χ1n) is 6.71. The van der Waals surface area contributed by atoms with Crippen molar-refractivity contribution in [2.24, 2.45) is 5.41 Å². The SMILES string of the molecule is COc1ccc(C)cc1/C=C/C(=O)NCC1(C)COC1. The molecule has 1 aliphatic rings. The van der Waals surface area contributed by atoms with Crippen LogP contribution in [-0.4, -0.2) is 32.8 Å². The summed E-state index contributed by atoms with van der Waals surface area (Å²) in [5, 5.41) is 2.90. The van der Waals surface area contributed by atoms with Gasteiger partial charge in [0.1, 0.15) is 5.75 Å². The van der Waals surface area contributed by atoms with Crippen molar-refractivity contribution in [3.8, 4) is 5.75 Å². The van der Waals surface area contributed by atoms with Crippen molar-refractivity contribution in [3.05, 3.63) is 35.4 Å². The Bertz CT molecular complexity index is 518. The second-order valence-corrected chi connectivity index (χ2v) is 5.60. The molecule has 1 aromatic rings. The molecule has 1 heterocycles. The van der Waals surface area contributed by atoms with Gasteiger partial charge in [-0.1, -0.05) is 18.6 Å².